The Morgan fingerprint density at radius 1 is 1.17 bits per heavy atom. The molecule has 0 spiro atoms. The van der Waals surface area contributed by atoms with Gasteiger partial charge in [0, 0.05) is 15.1 Å². The first-order chi connectivity index (χ1) is 8.58. The lowest BCUT2D eigenvalue weighted by Crippen LogP contribution is -2.13. The van der Waals surface area contributed by atoms with Gasteiger partial charge in [-0.1, -0.05) is 15.9 Å². The molecular weight excluding hydrogens is 428 g/mol. The molecular formula is C12H7Br3N2O. The van der Waals surface area contributed by atoms with Crippen molar-refractivity contribution in [3.8, 4) is 0 Å². The van der Waals surface area contributed by atoms with Crippen molar-refractivity contribution >= 4 is 59.4 Å². The van der Waals surface area contributed by atoms with Crippen molar-refractivity contribution in [1.29, 1.82) is 0 Å². The minimum absolute atomic E-state index is 0.210. The summed E-state index contributed by atoms with van der Waals surface area (Å²) in [5.41, 5.74) is 1.20. The first-order valence-electron chi connectivity index (χ1n) is 4.95. The molecule has 0 aliphatic rings. The van der Waals surface area contributed by atoms with Gasteiger partial charge in [-0.2, -0.15) is 0 Å². The lowest BCUT2D eigenvalue weighted by Gasteiger charge is -2.08. The van der Waals surface area contributed by atoms with E-state index in [2.05, 4.69) is 58.1 Å². The molecule has 0 saturated heterocycles. The summed E-state index contributed by atoms with van der Waals surface area (Å²) in [6.45, 7) is 0. The van der Waals surface area contributed by atoms with E-state index in [1.54, 1.807) is 18.3 Å². The topological polar surface area (TPSA) is 42.0 Å². The summed E-state index contributed by atoms with van der Waals surface area (Å²) in [7, 11) is 0. The van der Waals surface area contributed by atoms with Crippen LogP contribution in [0.5, 0.6) is 0 Å². The van der Waals surface area contributed by atoms with Gasteiger partial charge in [0.05, 0.1) is 11.3 Å². The molecule has 1 heterocycles. The van der Waals surface area contributed by atoms with Crippen molar-refractivity contribution in [2.24, 2.45) is 0 Å². The van der Waals surface area contributed by atoms with Gasteiger partial charge < -0.3 is 5.32 Å². The number of carbonyl (C=O) groups is 1. The molecule has 1 aromatic carbocycles. The number of benzene rings is 1. The van der Waals surface area contributed by atoms with Gasteiger partial charge in [-0.05, 0) is 62.2 Å². The van der Waals surface area contributed by atoms with Crippen LogP contribution in [0.4, 0.5) is 5.69 Å². The number of pyridine rings is 1. The minimum Gasteiger partial charge on any atom is -0.321 e. The van der Waals surface area contributed by atoms with Gasteiger partial charge in [-0.15, -0.1) is 0 Å². The van der Waals surface area contributed by atoms with Crippen molar-refractivity contribution in [1.82, 2.24) is 4.98 Å². The van der Waals surface area contributed by atoms with E-state index in [0.29, 0.717) is 15.9 Å². The molecule has 1 aromatic heterocycles. The number of anilines is 1. The van der Waals surface area contributed by atoms with Crippen molar-refractivity contribution in [2.45, 2.75) is 0 Å². The van der Waals surface area contributed by atoms with Gasteiger partial charge in [0.15, 0.2) is 0 Å². The van der Waals surface area contributed by atoms with E-state index in [0.717, 1.165) is 8.95 Å². The Balaban J connectivity index is 2.24. The number of aromatic nitrogens is 1. The molecule has 0 bridgehead atoms. The Morgan fingerprint density at radius 3 is 2.61 bits per heavy atom. The summed E-state index contributed by atoms with van der Waals surface area (Å²) in [4.78, 5) is 16.1. The maximum Gasteiger partial charge on any atom is 0.258 e. The highest BCUT2D eigenvalue weighted by Crippen LogP contribution is 2.27. The average Bonchev–Trinajstić information content (AvgIpc) is 2.33. The normalized spacial score (nSPS) is 10.2. The second-order valence-corrected chi connectivity index (χ2v) is 5.94. The number of hydrogen-bond donors (Lipinski definition) is 1. The first kappa shape index (κ1) is 13.7. The van der Waals surface area contributed by atoms with Crippen LogP contribution in [0.25, 0.3) is 0 Å². The number of amides is 1. The highest BCUT2D eigenvalue weighted by atomic mass is 79.9. The third kappa shape index (κ3) is 3.18. The number of rotatable bonds is 2. The fraction of sp³-hybridized carbons (Fsp3) is 0. The second kappa shape index (κ2) is 5.95. The van der Waals surface area contributed by atoms with Crippen LogP contribution in [0, 0.1) is 0 Å². The molecule has 3 nitrogen and oxygen atoms in total. The van der Waals surface area contributed by atoms with Crippen LogP contribution in [0.1, 0.15) is 10.4 Å². The molecule has 0 radical (unpaired) electrons. The van der Waals surface area contributed by atoms with Gasteiger partial charge in [0.25, 0.3) is 5.91 Å². The number of nitrogens with zero attached hydrogens (tertiary/aromatic N) is 1. The van der Waals surface area contributed by atoms with E-state index in [4.69, 9.17) is 0 Å². The fourth-order valence-corrected chi connectivity index (χ4v) is 2.91. The molecule has 0 unspecified atom stereocenters. The Morgan fingerprint density at radius 2 is 1.94 bits per heavy atom. The smallest absolute Gasteiger partial charge is 0.258 e. The lowest BCUT2D eigenvalue weighted by atomic mass is 10.2. The van der Waals surface area contributed by atoms with Gasteiger partial charge in [0.2, 0.25) is 0 Å². The summed E-state index contributed by atoms with van der Waals surface area (Å²) >= 11 is 10.0. The zero-order valence-corrected chi connectivity index (χ0v) is 13.7. The Labute approximate surface area is 129 Å². The molecule has 0 atom stereocenters. The highest BCUT2D eigenvalue weighted by molar-refractivity contribution is 9.11. The molecule has 6 heteroatoms. The molecule has 2 aromatic rings. The molecule has 1 amide bonds. The van der Waals surface area contributed by atoms with Crippen LogP contribution in [-0.2, 0) is 0 Å². The van der Waals surface area contributed by atoms with Crippen LogP contribution in [-0.4, -0.2) is 10.9 Å². The number of halogens is 3. The van der Waals surface area contributed by atoms with E-state index in [1.165, 1.54) is 0 Å². The van der Waals surface area contributed by atoms with E-state index < -0.39 is 0 Å². The minimum atomic E-state index is -0.210. The van der Waals surface area contributed by atoms with Gasteiger partial charge >= 0.3 is 0 Å². The zero-order valence-electron chi connectivity index (χ0n) is 8.95. The zero-order chi connectivity index (χ0) is 13.1. The molecule has 18 heavy (non-hydrogen) atoms. The van der Waals surface area contributed by atoms with Crippen LogP contribution in [0.3, 0.4) is 0 Å². The van der Waals surface area contributed by atoms with Crippen LogP contribution in [0.2, 0.25) is 0 Å². The van der Waals surface area contributed by atoms with Crippen molar-refractivity contribution in [3.05, 3.63) is 55.6 Å². The van der Waals surface area contributed by atoms with Gasteiger partial charge in [-0.3, -0.25) is 4.79 Å². The maximum absolute atomic E-state index is 12.1. The predicted octanol–water partition coefficient (Wildman–Crippen LogP) is 4.62. The lowest BCUT2D eigenvalue weighted by molar-refractivity contribution is 0.102. The SMILES string of the molecule is O=C(Nc1ccc(Br)cc1Br)c1cccnc1Br. The largest absolute Gasteiger partial charge is 0.321 e. The quantitative estimate of drug-likeness (QED) is 0.701. The van der Waals surface area contributed by atoms with E-state index in [-0.39, 0.29) is 5.91 Å². The fourth-order valence-electron chi connectivity index (χ4n) is 1.34. The molecule has 92 valence electrons. The Bertz CT molecular complexity index is 602. The maximum atomic E-state index is 12.1. The molecule has 0 fully saturated rings. The van der Waals surface area contributed by atoms with E-state index in [9.17, 15) is 4.79 Å². The monoisotopic (exact) mass is 432 g/mol. The van der Waals surface area contributed by atoms with E-state index >= 15 is 0 Å². The first-order valence-corrected chi connectivity index (χ1v) is 7.33. The molecule has 0 saturated carbocycles. The summed E-state index contributed by atoms with van der Waals surface area (Å²) in [5, 5.41) is 2.82. The molecule has 0 aliphatic heterocycles. The second-order valence-electron chi connectivity index (χ2n) is 3.42. The molecule has 1 N–H and O–H groups in total. The highest BCUT2D eigenvalue weighted by Gasteiger charge is 2.11. The van der Waals surface area contributed by atoms with Crippen LogP contribution >= 0.6 is 47.8 Å². The molecule has 0 aliphatic carbocycles. The Hall–Kier alpha value is -0.720. The Kier molecular flexibility index (Phi) is 4.53. The average molecular weight is 435 g/mol. The summed E-state index contributed by atoms with van der Waals surface area (Å²) in [5.74, 6) is -0.210. The number of nitrogens with one attached hydrogen (secondary N) is 1. The van der Waals surface area contributed by atoms with Crippen molar-refractivity contribution in [2.75, 3.05) is 5.32 Å². The van der Waals surface area contributed by atoms with Crippen molar-refractivity contribution in [3.63, 3.8) is 0 Å². The third-order valence-corrected chi connectivity index (χ3v) is 3.96. The summed E-state index contributed by atoms with van der Waals surface area (Å²) < 4.78 is 2.27. The summed E-state index contributed by atoms with van der Waals surface area (Å²) in [6.07, 6.45) is 1.62. The van der Waals surface area contributed by atoms with Crippen LogP contribution in [0.15, 0.2) is 50.1 Å². The van der Waals surface area contributed by atoms with Crippen molar-refractivity contribution < 1.29 is 4.79 Å². The van der Waals surface area contributed by atoms with Gasteiger partial charge in [-0.25, -0.2) is 4.98 Å². The summed E-state index contributed by atoms with van der Waals surface area (Å²) in [6, 6.07) is 8.97. The number of carbonyl (C=O) groups excluding carboxylic acids is 1. The van der Waals surface area contributed by atoms with Gasteiger partial charge in [0.1, 0.15) is 4.60 Å². The van der Waals surface area contributed by atoms with E-state index in [1.807, 2.05) is 18.2 Å². The third-order valence-electron chi connectivity index (χ3n) is 2.18. The van der Waals surface area contributed by atoms with Crippen LogP contribution < -0.4 is 5.32 Å². The predicted molar refractivity (Wildman–Crippen MR) is 81.7 cm³/mol. The standard InChI is InChI=1S/C12H7Br3N2O/c13-7-3-4-10(9(14)6-7)17-12(18)8-2-1-5-16-11(8)15/h1-6H,(H,17,18). The molecule has 2 rings (SSSR count). The number of hydrogen-bond acceptors (Lipinski definition) is 2.